The van der Waals surface area contributed by atoms with Crippen molar-refractivity contribution in [1.82, 2.24) is 29.5 Å². The van der Waals surface area contributed by atoms with Gasteiger partial charge in [0.1, 0.15) is 30.2 Å². The maximum absolute atomic E-state index is 13.2. The Kier molecular flexibility index (Phi) is 7.46. The molecule has 1 aliphatic carbocycles. The summed E-state index contributed by atoms with van der Waals surface area (Å²) in [5.41, 5.74) is 2.06. The van der Waals surface area contributed by atoms with Gasteiger partial charge in [0.15, 0.2) is 11.5 Å². The minimum Gasteiger partial charge on any atom is -0.480 e. The zero-order chi connectivity index (χ0) is 28.4. The zero-order valence-corrected chi connectivity index (χ0v) is 21.7. The van der Waals surface area contributed by atoms with Gasteiger partial charge < -0.3 is 20.0 Å². The molecule has 1 fully saturated rings. The van der Waals surface area contributed by atoms with Gasteiger partial charge in [0.05, 0.1) is 24.9 Å². The van der Waals surface area contributed by atoms with Crippen molar-refractivity contribution in [3.05, 3.63) is 65.5 Å². The lowest BCUT2D eigenvalue weighted by molar-refractivity contribution is -0.140. The molecular formula is C27H26F4N8O. The van der Waals surface area contributed by atoms with E-state index in [1.807, 2.05) is 6.92 Å². The summed E-state index contributed by atoms with van der Waals surface area (Å²) >= 11 is 0. The third-order valence-electron chi connectivity index (χ3n) is 6.61. The van der Waals surface area contributed by atoms with Crippen molar-refractivity contribution in [2.75, 3.05) is 19.1 Å². The highest BCUT2D eigenvalue weighted by Gasteiger charge is 2.35. The van der Waals surface area contributed by atoms with E-state index >= 15 is 0 Å². The van der Waals surface area contributed by atoms with Crippen LogP contribution in [0.2, 0.25) is 0 Å². The van der Waals surface area contributed by atoms with Gasteiger partial charge in [-0.1, -0.05) is 24.3 Å². The standard InChI is InChI=1S/C27H26F4N8O/c1-15(16-3-7-18(8-4-16)25-37-20(27(29,30)31)13-39(25)10-9-28)36-23-19(11-32)12-33-24(38-23)21-22(17-5-6-17)34-14-35-26(21)40-2/h3-4,7-8,11-15,17,32H,5-6,9-10H2,1-2H3,(H,33,36,38). The molecule has 0 spiro atoms. The number of methoxy groups -OCH3 is 1. The Morgan fingerprint density at radius 1 is 1.15 bits per heavy atom. The second-order valence-electron chi connectivity index (χ2n) is 9.38. The highest BCUT2D eigenvalue weighted by molar-refractivity contribution is 5.84. The molecule has 1 unspecified atom stereocenters. The number of alkyl halides is 4. The van der Waals surface area contributed by atoms with Crippen LogP contribution in [0, 0.1) is 5.41 Å². The molecule has 208 valence electrons. The Morgan fingerprint density at radius 3 is 2.52 bits per heavy atom. The lowest BCUT2D eigenvalue weighted by atomic mass is 10.1. The maximum Gasteiger partial charge on any atom is 0.434 e. The summed E-state index contributed by atoms with van der Waals surface area (Å²) in [5, 5.41) is 11.1. The van der Waals surface area contributed by atoms with Crippen LogP contribution >= 0.6 is 0 Å². The maximum atomic E-state index is 13.2. The monoisotopic (exact) mass is 554 g/mol. The molecule has 0 aliphatic heterocycles. The van der Waals surface area contributed by atoms with Crippen molar-refractivity contribution in [3.63, 3.8) is 0 Å². The van der Waals surface area contributed by atoms with Crippen molar-refractivity contribution in [3.8, 4) is 28.7 Å². The van der Waals surface area contributed by atoms with E-state index in [2.05, 4.69) is 25.3 Å². The van der Waals surface area contributed by atoms with Gasteiger partial charge >= 0.3 is 6.18 Å². The number of anilines is 1. The first-order chi connectivity index (χ1) is 19.2. The molecule has 1 aromatic carbocycles. The average molecular weight is 555 g/mol. The normalized spacial score (nSPS) is 14.2. The molecule has 2 N–H and O–H groups in total. The number of imidazole rings is 1. The van der Waals surface area contributed by atoms with Gasteiger partial charge in [0, 0.05) is 36.1 Å². The first kappa shape index (κ1) is 27.2. The van der Waals surface area contributed by atoms with E-state index in [0.717, 1.165) is 41.1 Å². The highest BCUT2D eigenvalue weighted by atomic mass is 19.4. The first-order valence-electron chi connectivity index (χ1n) is 12.6. The van der Waals surface area contributed by atoms with Crippen molar-refractivity contribution < 1.29 is 22.3 Å². The largest absolute Gasteiger partial charge is 0.480 e. The summed E-state index contributed by atoms with van der Waals surface area (Å²) in [7, 11) is 1.52. The number of benzene rings is 1. The minimum absolute atomic E-state index is 0.0363. The van der Waals surface area contributed by atoms with Crippen LogP contribution in [-0.4, -0.2) is 49.5 Å². The zero-order valence-electron chi connectivity index (χ0n) is 21.7. The summed E-state index contributed by atoms with van der Waals surface area (Å²) < 4.78 is 59.2. The van der Waals surface area contributed by atoms with E-state index in [9.17, 15) is 17.6 Å². The SMILES string of the molecule is COc1ncnc(C2CC2)c1-c1ncc(C=N)c(NC(C)c2ccc(-c3nc(C(F)(F)F)cn3CCF)cc2)n1. The highest BCUT2D eigenvalue weighted by Crippen LogP contribution is 2.45. The molecule has 0 amide bonds. The Balaban J connectivity index is 1.42. The molecule has 1 atom stereocenters. The van der Waals surface area contributed by atoms with Crippen LogP contribution in [0.3, 0.4) is 0 Å². The van der Waals surface area contributed by atoms with E-state index in [1.165, 1.54) is 13.4 Å². The third-order valence-corrected chi connectivity index (χ3v) is 6.61. The molecule has 3 aromatic heterocycles. The molecule has 40 heavy (non-hydrogen) atoms. The summed E-state index contributed by atoms with van der Waals surface area (Å²) in [6.07, 6.45) is 2.35. The van der Waals surface area contributed by atoms with Crippen LogP contribution < -0.4 is 10.1 Å². The van der Waals surface area contributed by atoms with Crippen LogP contribution in [0.4, 0.5) is 23.4 Å². The lowest BCUT2D eigenvalue weighted by Gasteiger charge is -2.18. The predicted molar refractivity (Wildman–Crippen MR) is 140 cm³/mol. The number of nitrogens with one attached hydrogen (secondary N) is 2. The van der Waals surface area contributed by atoms with Gasteiger partial charge in [-0.3, -0.25) is 0 Å². The van der Waals surface area contributed by atoms with E-state index in [0.29, 0.717) is 40.1 Å². The lowest BCUT2D eigenvalue weighted by Crippen LogP contribution is -2.12. The smallest absolute Gasteiger partial charge is 0.434 e. The van der Waals surface area contributed by atoms with E-state index in [4.69, 9.17) is 15.1 Å². The number of ether oxygens (including phenoxy) is 1. The van der Waals surface area contributed by atoms with Gasteiger partial charge in [0.2, 0.25) is 5.88 Å². The topological polar surface area (TPSA) is 114 Å². The summed E-state index contributed by atoms with van der Waals surface area (Å²) in [4.78, 5) is 21.5. The van der Waals surface area contributed by atoms with E-state index < -0.39 is 18.5 Å². The number of aromatic nitrogens is 6. The van der Waals surface area contributed by atoms with Gasteiger partial charge in [-0.05, 0) is 25.3 Å². The van der Waals surface area contributed by atoms with E-state index in [1.54, 1.807) is 30.5 Å². The fourth-order valence-electron chi connectivity index (χ4n) is 4.40. The van der Waals surface area contributed by atoms with Crippen molar-refractivity contribution in [2.24, 2.45) is 0 Å². The van der Waals surface area contributed by atoms with Crippen LogP contribution in [0.1, 0.15) is 54.2 Å². The van der Waals surface area contributed by atoms with Crippen LogP contribution in [0.15, 0.2) is 43.0 Å². The first-order valence-corrected chi connectivity index (χ1v) is 12.6. The van der Waals surface area contributed by atoms with Gasteiger partial charge in [-0.25, -0.2) is 29.3 Å². The molecule has 0 saturated heterocycles. The molecule has 1 saturated carbocycles. The molecule has 4 aromatic rings. The molecule has 3 heterocycles. The van der Waals surface area contributed by atoms with Crippen LogP contribution in [0.5, 0.6) is 5.88 Å². The summed E-state index contributed by atoms with van der Waals surface area (Å²) in [6.45, 7) is 0.831. The van der Waals surface area contributed by atoms with Crippen molar-refractivity contribution in [1.29, 1.82) is 5.41 Å². The van der Waals surface area contributed by atoms with Crippen LogP contribution in [-0.2, 0) is 12.7 Å². The van der Waals surface area contributed by atoms with Gasteiger partial charge in [-0.15, -0.1) is 0 Å². The molecule has 5 rings (SSSR count). The Labute approximate surface area is 227 Å². The molecule has 9 nitrogen and oxygen atoms in total. The fourth-order valence-corrected chi connectivity index (χ4v) is 4.40. The summed E-state index contributed by atoms with van der Waals surface area (Å²) in [5.74, 6) is 1.48. The van der Waals surface area contributed by atoms with Crippen molar-refractivity contribution in [2.45, 2.75) is 44.4 Å². The minimum atomic E-state index is -4.63. The Hall–Kier alpha value is -4.42. The number of hydrogen-bond acceptors (Lipinski definition) is 8. The molecular weight excluding hydrogens is 528 g/mol. The van der Waals surface area contributed by atoms with E-state index in [-0.39, 0.29) is 18.4 Å². The number of hydrogen-bond donors (Lipinski definition) is 2. The predicted octanol–water partition coefficient (Wildman–Crippen LogP) is 5.84. The Morgan fingerprint density at radius 2 is 1.90 bits per heavy atom. The number of rotatable bonds is 10. The van der Waals surface area contributed by atoms with Gasteiger partial charge in [0.25, 0.3) is 0 Å². The second-order valence-corrected chi connectivity index (χ2v) is 9.38. The number of nitrogens with zero attached hydrogens (tertiary/aromatic N) is 6. The van der Waals surface area contributed by atoms with Crippen molar-refractivity contribution >= 4 is 12.0 Å². The molecule has 13 heteroatoms. The number of aryl methyl sites for hydroxylation is 1. The fraction of sp³-hybridized carbons (Fsp3) is 0.333. The second kappa shape index (κ2) is 11.0. The number of halogens is 4. The molecule has 1 aliphatic rings. The molecule has 0 bridgehead atoms. The average Bonchev–Trinajstić information content (AvgIpc) is 3.71. The Bertz CT molecular complexity index is 1520. The molecule has 0 radical (unpaired) electrons. The van der Waals surface area contributed by atoms with Gasteiger partial charge in [-0.2, -0.15) is 13.2 Å². The van der Waals surface area contributed by atoms with Crippen LogP contribution in [0.25, 0.3) is 22.8 Å². The quantitative estimate of drug-likeness (QED) is 0.187. The summed E-state index contributed by atoms with van der Waals surface area (Å²) in [6, 6.07) is 6.48. The third kappa shape index (κ3) is 5.49.